The van der Waals surface area contributed by atoms with Crippen LogP contribution in [-0.4, -0.2) is 29.3 Å². The number of methoxy groups -OCH3 is 1. The molecule has 0 N–H and O–H groups in total. The number of carbonyl (C=O) groups excluding carboxylic acids is 1. The van der Waals surface area contributed by atoms with E-state index in [1.807, 2.05) is 24.4 Å². The second kappa shape index (κ2) is 8.76. The van der Waals surface area contributed by atoms with Crippen molar-refractivity contribution in [3.05, 3.63) is 95.1 Å². The second-order valence-corrected chi connectivity index (χ2v) is 7.69. The van der Waals surface area contributed by atoms with Gasteiger partial charge in [-0.25, -0.2) is 4.39 Å². The summed E-state index contributed by atoms with van der Waals surface area (Å²) in [7, 11) is 1.67. The smallest absolute Gasteiger partial charge is 0.194 e. The van der Waals surface area contributed by atoms with Gasteiger partial charge in [0.25, 0.3) is 0 Å². The summed E-state index contributed by atoms with van der Waals surface area (Å²) in [4.78, 5) is 19.6. The number of halogens is 1. The van der Waals surface area contributed by atoms with Crippen molar-refractivity contribution in [1.82, 2.24) is 9.88 Å². The van der Waals surface area contributed by atoms with Crippen molar-refractivity contribution in [1.29, 1.82) is 0 Å². The summed E-state index contributed by atoms with van der Waals surface area (Å²) in [6.07, 6.45) is 5.56. The molecule has 0 aliphatic carbocycles. The van der Waals surface area contributed by atoms with E-state index in [1.54, 1.807) is 13.3 Å². The van der Waals surface area contributed by atoms with Gasteiger partial charge in [-0.2, -0.15) is 0 Å². The number of nitrogens with zero attached hydrogens (tertiary/aromatic N) is 2. The Bertz CT molecular complexity index is 1020. The molecule has 0 amide bonds. The Hall–Kier alpha value is -3.05. The van der Waals surface area contributed by atoms with E-state index in [2.05, 4.69) is 28.9 Å². The molecule has 2 unspecified atom stereocenters. The number of aromatic nitrogens is 1. The van der Waals surface area contributed by atoms with Gasteiger partial charge >= 0.3 is 0 Å². The fourth-order valence-corrected chi connectivity index (χ4v) is 4.22. The first-order valence-corrected chi connectivity index (χ1v) is 10.2. The minimum atomic E-state index is -0.354. The molecule has 0 bridgehead atoms. The van der Waals surface area contributed by atoms with Crippen LogP contribution >= 0.6 is 0 Å². The molecule has 0 spiro atoms. The topological polar surface area (TPSA) is 42.4 Å². The van der Waals surface area contributed by atoms with Crippen molar-refractivity contribution in [2.45, 2.75) is 31.8 Å². The lowest BCUT2D eigenvalue weighted by atomic mass is 9.98. The maximum Gasteiger partial charge on any atom is 0.194 e. The van der Waals surface area contributed by atoms with Crippen LogP contribution in [0.4, 0.5) is 4.39 Å². The first-order valence-electron chi connectivity index (χ1n) is 10.2. The Morgan fingerprint density at radius 2 is 1.83 bits per heavy atom. The van der Waals surface area contributed by atoms with E-state index in [4.69, 9.17) is 4.74 Å². The minimum Gasteiger partial charge on any atom is -0.497 e. The molecule has 30 heavy (non-hydrogen) atoms. The Labute approximate surface area is 176 Å². The predicted molar refractivity (Wildman–Crippen MR) is 114 cm³/mol. The van der Waals surface area contributed by atoms with Crippen LogP contribution in [0.5, 0.6) is 5.75 Å². The molecule has 1 aromatic heterocycles. The highest BCUT2D eigenvalue weighted by Crippen LogP contribution is 2.38. The number of ether oxygens (including phenoxy) is 1. The lowest BCUT2D eigenvalue weighted by Gasteiger charge is -2.31. The van der Waals surface area contributed by atoms with Crippen LogP contribution < -0.4 is 4.74 Å². The van der Waals surface area contributed by atoms with Crippen LogP contribution in [-0.2, 0) is 0 Å². The largest absolute Gasteiger partial charge is 0.497 e. The molecule has 1 aliphatic heterocycles. The van der Waals surface area contributed by atoms with E-state index < -0.39 is 0 Å². The van der Waals surface area contributed by atoms with Gasteiger partial charge in [0.1, 0.15) is 11.6 Å². The van der Waals surface area contributed by atoms with Gasteiger partial charge < -0.3 is 4.74 Å². The molecule has 4 rings (SSSR count). The van der Waals surface area contributed by atoms with Gasteiger partial charge in [0.05, 0.1) is 7.11 Å². The highest BCUT2D eigenvalue weighted by molar-refractivity contribution is 6.08. The molecular formula is C25H25FN2O2. The van der Waals surface area contributed by atoms with Gasteiger partial charge in [-0.3, -0.25) is 14.7 Å². The molecule has 154 valence electrons. The summed E-state index contributed by atoms with van der Waals surface area (Å²) in [5, 5.41) is 0. The van der Waals surface area contributed by atoms with Gasteiger partial charge in [-0.1, -0.05) is 12.1 Å². The first kappa shape index (κ1) is 20.2. The first-order chi connectivity index (χ1) is 14.6. The molecule has 1 aliphatic rings. The lowest BCUT2D eigenvalue weighted by molar-refractivity contribution is 0.103. The summed E-state index contributed by atoms with van der Waals surface area (Å²) in [6.45, 7) is 3.20. The third-order valence-corrected chi connectivity index (χ3v) is 5.90. The molecule has 1 fully saturated rings. The predicted octanol–water partition coefficient (Wildman–Crippen LogP) is 5.36. The minimum absolute atomic E-state index is 0.142. The molecule has 2 heterocycles. The number of rotatable bonds is 6. The lowest BCUT2D eigenvalue weighted by Crippen LogP contribution is -2.27. The van der Waals surface area contributed by atoms with Crippen LogP contribution in [0.25, 0.3) is 0 Å². The molecule has 3 aromatic rings. The van der Waals surface area contributed by atoms with Gasteiger partial charge in [0, 0.05) is 35.6 Å². The van der Waals surface area contributed by atoms with Crippen LogP contribution in [0.2, 0.25) is 0 Å². The summed E-state index contributed by atoms with van der Waals surface area (Å²) in [5.74, 6) is 0.352. The molecule has 4 nitrogen and oxygen atoms in total. The molecule has 2 atom stereocenters. The molecular weight excluding hydrogens is 379 g/mol. The van der Waals surface area contributed by atoms with Crippen molar-refractivity contribution >= 4 is 5.78 Å². The Kier molecular flexibility index (Phi) is 5.91. The fourth-order valence-electron chi connectivity index (χ4n) is 4.22. The van der Waals surface area contributed by atoms with E-state index in [-0.39, 0.29) is 23.7 Å². The van der Waals surface area contributed by atoms with Crippen molar-refractivity contribution in [2.75, 3.05) is 13.7 Å². The van der Waals surface area contributed by atoms with Crippen LogP contribution in [0, 0.1) is 5.82 Å². The van der Waals surface area contributed by atoms with Crippen molar-refractivity contribution < 1.29 is 13.9 Å². The van der Waals surface area contributed by atoms with Gasteiger partial charge in [0.2, 0.25) is 0 Å². The number of pyridine rings is 1. The van der Waals surface area contributed by atoms with E-state index in [0.29, 0.717) is 11.1 Å². The zero-order chi connectivity index (χ0) is 21.1. The molecule has 0 saturated carbocycles. The molecule has 5 heteroatoms. The molecule has 0 radical (unpaired) electrons. The van der Waals surface area contributed by atoms with E-state index in [9.17, 15) is 9.18 Å². The summed E-state index contributed by atoms with van der Waals surface area (Å²) in [6, 6.07) is 16.2. The number of hydrogen-bond acceptors (Lipinski definition) is 4. The Morgan fingerprint density at radius 3 is 2.53 bits per heavy atom. The third-order valence-electron chi connectivity index (χ3n) is 5.90. The number of hydrogen-bond donors (Lipinski definition) is 0. The van der Waals surface area contributed by atoms with Crippen LogP contribution in [0.15, 0.2) is 67.0 Å². The SMILES string of the molecule is COc1ccc(C(C)N2CCCC2c2cncc(C(=O)c3ccc(F)cc3)c2)cc1. The summed E-state index contributed by atoms with van der Waals surface area (Å²) < 4.78 is 18.5. The second-order valence-electron chi connectivity index (χ2n) is 7.69. The Morgan fingerprint density at radius 1 is 1.10 bits per heavy atom. The molecule has 1 saturated heterocycles. The van der Waals surface area contributed by atoms with Gasteiger partial charge in [0.15, 0.2) is 5.78 Å². The Balaban J connectivity index is 1.57. The monoisotopic (exact) mass is 404 g/mol. The highest BCUT2D eigenvalue weighted by Gasteiger charge is 2.31. The number of likely N-dealkylation sites (tertiary alicyclic amines) is 1. The zero-order valence-electron chi connectivity index (χ0n) is 17.2. The number of ketones is 1. The number of benzene rings is 2. The van der Waals surface area contributed by atoms with Gasteiger partial charge in [-0.15, -0.1) is 0 Å². The van der Waals surface area contributed by atoms with Crippen molar-refractivity contribution in [3.63, 3.8) is 0 Å². The number of carbonyl (C=O) groups is 1. The average molecular weight is 404 g/mol. The van der Waals surface area contributed by atoms with E-state index >= 15 is 0 Å². The van der Waals surface area contributed by atoms with E-state index in [0.717, 1.165) is 30.7 Å². The zero-order valence-corrected chi connectivity index (χ0v) is 17.2. The summed E-state index contributed by atoms with van der Waals surface area (Å²) >= 11 is 0. The van der Waals surface area contributed by atoms with Crippen LogP contribution in [0.3, 0.4) is 0 Å². The summed E-state index contributed by atoms with van der Waals surface area (Å²) in [5.41, 5.74) is 3.27. The van der Waals surface area contributed by atoms with E-state index in [1.165, 1.54) is 29.8 Å². The fraction of sp³-hybridized carbons (Fsp3) is 0.280. The highest BCUT2D eigenvalue weighted by atomic mass is 19.1. The van der Waals surface area contributed by atoms with Crippen molar-refractivity contribution in [3.8, 4) is 5.75 Å². The average Bonchev–Trinajstić information content (AvgIpc) is 3.29. The molecule has 2 aromatic carbocycles. The van der Waals surface area contributed by atoms with Crippen LogP contribution in [0.1, 0.15) is 58.9 Å². The third kappa shape index (κ3) is 4.12. The maximum atomic E-state index is 13.2. The quantitative estimate of drug-likeness (QED) is 0.519. The standard InChI is InChI=1S/C25H25FN2O2/c1-17(18-7-11-23(30-2)12-8-18)28-13-3-4-24(28)20-14-21(16-27-15-20)25(29)19-5-9-22(26)10-6-19/h5-12,14-17,24H,3-4,13H2,1-2H3. The van der Waals surface area contributed by atoms with Gasteiger partial charge in [-0.05, 0) is 79.9 Å². The normalized spacial score (nSPS) is 17.6. The maximum absolute atomic E-state index is 13.2. The van der Waals surface area contributed by atoms with Crippen molar-refractivity contribution in [2.24, 2.45) is 0 Å².